The van der Waals surface area contributed by atoms with Crippen LogP contribution in [0.4, 0.5) is 15.8 Å². The van der Waals surface area contributed by atoms with E-state index in [4.69, 9.17) is 5.73 Å². The summed E-state index contributed by atoms with van der Waals surface area (Å²) in [4.78, 5) is -0.335. The van der Waals surface area contributed by atoms with Gasteiger partial charge >= 0.3 is 0 Å². The van der Waals surface area contributed by atoms with Crippen LogP contribution in [0, 0.1) is 5.82 Å². The van der Waals surface area contributed by atoms with E-state index in [-0.39, 0.29) is 11.4 Å². The number of nitrogens with zero attached hydrogens (tertiary/aromatic N) is 1. The Hall–Kier alpha value is -2.08. The monoisotopic (exact) mass is 294 g/mol. The molecule has 0 atom stereocenters. The number of halogens is 1. The summed E-state index contributed by atoms with van der Waals surface area (Å²) in [6.07, 6.45) is 0. The van der Waals surface area contributed by atoms with E-state index in [2.05, 4.69) is 0 Å². The average Bonchev–Trinajstić information content (AvgIpc) is 2.42. The first-order chi connectivity index (χ1) is 9.46. The number of nitrogen functional groups attached to an aromatic ring is 1. The quantitative estimate of drug-likeness (QED) is 0.882. The van der Waals surface area contributed by atoms with Gasteiger partial charge in [-0.05, 0) is 43.3 Å². The summed E-state index contributed by atoms with van der Waals surface area (Å²) in [5, 5.41) is 0. The van der Waals surface area contributed by atoms with E-state index in [1.54, 1.807) is 31.2 Å². The smallest absolute Gasteiger partial charge is 0.267 e. The van der Waals surface area contributed by atoms with Gasteiger partial charge in [-0.2, -0.15) is 0 Å². The Morgan fingerprint density at radius 2 is 1.70 bits per heavy atom. The van der Waals surface area contributed by atoms with Crippen LogP contribution < -0.4 is 10.0 Å². The Morgan fingerprint density at radius 3 is 2.25 bits per heavy atom. The molecule has 106 valence electrons. The normalized spacial score (nSPS) is 11.3. The van der Waals surface area contributed by atoms with Crippen LogP contribution in [0.5, 0.6) is 0 Å². The van der Waals surface area contributed by atoms with E-state index in [1.807, 2.05) is 0 Å². The highest BCUT2D eigenvalue weighted by molar-refractivity contribution is 7.92. The maximum atomic E-state index is 13.7. The van der Waals surface area contributed by atoms with Gasteiger partial charge in [0.2, 0.25) is 0 Å². The average molecular weight is 294 g/mol. The Balaban J connectivity index is 2.51. The lowest BCUT2D eigenvalue weighted by Gasteiger charge is -2.23. The van der Waals surface area contributed by atoms with Crippen LogP contribution in [0.15, 0.2) is 53.4 Å². The van der Waals surface area contributed by atoms with Crippen molar-refractivity contribution in [2.24, 2.45) is 0 Å². The fraction of sp³-hybridized carbons (Fsp3) is 0.143. The third-order valence-electron chi connectivity index (χ3n) is 2.87. The van der Waals surface area contributed by atoms with E-state index in [9.17, 15) is 12.8 Å². The fourth-order valence-corrected chi connectivity index (χ4v) is 3.45. The predicted octanol–water partition coefficient (Wildman–Crippen LogP) is 2.62. The van der Waals surface area contributed by atoms with Crippen LogP contribution in [0.1, 0.15) is 6.92 Å². The Bertz CT molecular complexity index is 699. The minimum atomic E-state index is -3.93. The highest BCUT2D eigenvalue weighted by Gasteiger charge is 2.26. The summed E-state index contributed by atoms with van der Waals surface area (Å²) in [5.74, 6) is -0.763. The Morgan fingerprint density at radius 1 is 1.10 bits per heavy atom. The van der Waals surface area contributed by atoms with E-state index >= 15 is 0 Å². The maximum absolute atomic E-state index is 13.7. The van der Waals surface area contributed by atoms with Gasteiger partial charge in [-0.1, -0.05) is 12.1 Å². The Kier molecular flexibility index (Phi) is 3.94. The molecule has 2 N–H and O–H groups in total. The summed E-state index contributed by atoms with van der Waals surface area (Å²) < 4.78 is 39.9. The van der Waals surface area contributed by atoms with Gasteiger partial charge < -0.3 is 5.73 Å². The van der Waals surface area contributed by atoms with E-state index in [0.29, 0.717) is 11.4 Å². The van der Waals surface area contributed by atoms with Gasteiger partial charge in [0.15, 0.2) is 0 Å². The zero-order chi connectivity index (χ0) is 14.8. The van der Waals surface area contributed by atoms with Crippen molar-refractivity contribution in [3.05, 3.63) is 54.3 Å². The van der Waals surface area contributed by atoms with E-state index in [1.165, 1.54) is 18.2 Å². The molecule has 0 aliphatic carbocycles. The van der Waals surface area contributed by atoms with E-state index < -0.39 is 15.8 Å². The molecule has 0 saturated heterocycles. The van der Waals surface area contributed by atoms with Crippen molar-refractivity contribution in [2.75, 3.05) is 16.6 Å². The van der Waals surface area contributed by atoms with Crippen LogP contribution in [0.3, 0.4) is 0 Å². The second-order valence-electron chi connectivity index (χ2n) is 4.19. The molecule has 0 aliphatic rings. The maximum Gasteiger partial charge on any atom is 0.267 e. The molecule has 0 aromatic heterocycles. The summed E-state index contributed by atoms with van der Waals surface area (Å²) in [5.41, 5.74) is 6.57. The largest absolute Gasteiger partial charge is 0.399 e. The number of nitrogens with two attached hydrogens (primary N) is 1. The molecule has 0 bridgehead atoms. The first-order valence-corrected chi connectivity index (χ1v) is 7.53. The summed E-state index contributed by atoms with van der Waals surface area (Å²) in [6.45, 7) is 1.88. The van der Waals surface area contributed by atoms with Crippen molar-refractivity contribution in [3.63, 3.8) is 0 Å². The molecular weight excluding hydrogens is 279 g/mol. The molecule has 0 unspecified atom stereocenters. The number of anilines is 2. The van der Waals surface area contributed by atoms with Gasteiger partial charge in [-0.15, -0.1) is 0 Å². The first kappa shape index (κ1) is 14.3. The highest BCUT2D eigenvalue weighted by Crippen LogP contribution is 2.25. The lowest BCUT2D eigenvalue weighted by atomic mass is 10.3. The van der Waals surface area contributed by atoms with Gasteiger partial charge in [0, 0.05) is 12.2 Å². The molecule has 2 aromatic carbocycles. The van der Waals surface area contributed by atoms with Crippen LogP contribution in [0.25, 0.3) is 0 Å². The highest BCUT2D eigenvalue weighted by atomic mass is 32.2. The van der Waals surface area contributed by atoms with Crippen molar-refractivity contribution in [1.29, 1.82) is 0 Å². The number of hydrogen-bond acceptors (Lipinski definition) is 3. The molecule has 0 amide bonds. The molecule has 2 aromatic rings. The molecule has 2 rings (SSSR count). The summed E-state index contributed by atoms with van der Waals surface area (Å²) >= 11 is 0. The minimum Gasteiger partial charge on any atom is -0.399 e. The number of hydrogen-bond donors (Lipinski definition) is 1. The zero-order valence-electron chi connectivity index (χ0n) is 11.0. The zero-order valence-corrected chi connectivity index (χ0v) is 11.8. The van der Waals surface area contributed by atoms with Gasteiger partial charge in [-0.25, -0.2) is 12.8 Å². The van der Waals surface area contributed by atoms with Crippen molar-refractivity contribution < 1.29 is 12.8 Å². The van der Waals surface area contributed by atoms with Crippen LogP contribution >= 0.6 is 0 Å². The lowest BCUT2D eigenvalue weighted by molar-refractivity contribution is 0.564. The number of rotatable bonds is 4. The van der Waals surface area contributed by atoms with Crippen molar-refractivity contribution in [3.8, 4) is 0 Å². The molecule has 20 heavy (non-hydrogen) atoms. The third kappa shape index (κ3) is 2.60. The summed E-state index contributed by atoms with van der Waals surface area (Å²) in [7, 11) is -3.93. The third-order valence-corrected chi connectivity index (χ3v) is 4.81. The minimum absolute atomic E-state index is 0.195. The van der Waals surface area contributed by atoms with Gasteiger partial charge in [0.25, 0.3) is 10.0 Å². The lowest BCUT2D eigenvalue weighted by Crippen LogP contribution is -2.31. The van der Waals surface area contributed by atoms with E-state index in [0.717, 1.165) is 10.4 Å². The molecule has 6 heteroatoms. The summed E-state index contributed by atoms with van der Waals surface area (Å²) in [6, 6.07) is 11.7. The van der Waals surface area contributed by atoms with Gasteiger partial charge in [0.05, 0.1) is 5.69 Å². The number of sulfonamides is 1. The predicted molar refractivity (Wildman–Crippen MR) is 77.5 cm³/mol. The second kappa shape index (κ2) is 5.50. The molecule has 0 saturated carbocycles. The van der Waals surface area contributed by atoms with Crippen LogP contribution in [-0.4, -0.2) is 15.0 Å². The van der Waals surface area contributed by atoms with Crippen molar-refractivity contribution in [2.45, 2.75) is 11.8 Å². The second-order valence-corrected chi connectivity index (χ2v) is 6.02. The van der Waals surface area contributed by atoms with Crippen molar-refractivity contribution in [1.82, 2.24) is 0 Å². The van der Waals surface area contributed by atoms with Crippen LogP contribution in [-0.2, 0) is 10.0 Å². The molecular formula is C14H15FN2O2S. The van der Waals surface area contributed by atoms with Gasteiger partial charge in [-0.3, -0.25) is 4.31 Å². The standard InChI is InChI=1S/C14H15FN2O2S/c1-2-17(12-9-7-11(16)8-10-12)20(18,19)14-6-4-3-5-13(14)15/h3-10H,2,16H2,1H3. The van der Waals surface area contributed by atoms with Crippen LogP contribution in [0.2, 0.25) is 0 Å². The molecule has 4 nitrogen and oxygen atoms in total. The fourth-order valence-electron chi connectivity index (χ4n) is 1.90. The van der Waals surface area contributed by atoms with Gasteiger partial charge in [0.1, 0.15) is 10.7 Å². The van der Waals surface area contributed by atoms with Crippen molar-refractivity contribution >= 4 is 21.4 Å². The SMILES string of the molecule is CCN(c1ccc(N)cc1)S(=O)(=O)c1ccccc1F. The topological polar surface area (TPSA) is 63.4 Å². The molecule has 0 aliphatic heterocycles. The number of benzene rings is 2. The Labute approximate surface area is 117 Å². The molecule has 0 spiro atoms. The molecule has 0 radical (unpaired) electrons. The first-order valence-electron chi connectivity index (χ1n) is 6.09. The molecule has 0 fully saturated rings. The molecule has 0 heterocycles.